The topological polar surface area (TPSA) is 109 Å². The third kappa shape index (κ3) is 3.16. The zero-order valence-electron chi connectivity index (χ0n) is 16.3. The summed E-state index contributed by atoms with van der Waals surface area (Å²) in [6.45, 7) is 1.79. The average Bonchev–Trinajstić information content (AvgIpc) is 3.34. The summed E-state index contributed by atoms with van der Waals surface area (Å²) in [4.78, 5) is 8.28. The quantitative estimate of drug-likeness (QED) is 0.608. The number of aromatic hydroxyl groups is 1. The van der Waals surface area contributed by atoms with E-state index in [-0.39, 0.29) is 17.6 Å². The van der Waals surface area contributed by atoms with Crippen LogP contribution in [0.5, 0.6) is 5.75 Å². The first-order valence-electron chi connectivity index (χ1n) is 9.75. The molecule has 8 nitrogen and oxygen atoms in total. The van der Waals surface area contributed by atoms with Gasteiger partial charge < -0.3 is 20.1 Å². The summed E-state index contributed by atoms with van der Waals surface area (Å²) in [7, 11) is 0. The fraction of sp³-hybridized carbons (Fsp3) is 0.333. The van der Waals surface area contributed by atoms with E-state index in [2.05, 4.69) is 25.5 Å². The maximum atomic E-state index is 15.0. The van der Waals surface area contributed by atoms with Gasteiger partial charge in [0.1, 0.15) is 17.6 Å². The van der Waals surface area contributed by atoms with Gasteiger partial charge in [0, 0.05) is 24.5 Å². The monoisotopic (exact) mass is 408 g/mol. The Labute approximate surface area is 172 Å². The molecule has 2 aromatic heterocycles. The van der Waals surface area contributed by atoms with Gasteiger partial charge in [-0.05, 0) is 43.5 Å². The van der Waals surface area contributed by atoms with Crippen molar-refractivity contribution in [2.45, 2.75) is 43.6 Å². The summed E-state index contributed by atoms with van der Waals surface area (Å²) in [5.41, 5.74) is 1.45. The zero-order valence-corrected chi connectivity index (χ0v) is 16.3. The number of phenols is 1. The number of rotatable bonds is 3. The summed E-state index contributed by atoms with van der Waals surface area (Å²) >= 11 is 0. The number of fused-ring (bicyclic) bond motifs is 2. The Kier molecular flexibility index (Phi) is 4.37. The molecule has 1 unspecified atom stereocenters. The molecule has 0 radical (unpaired) electrons. The van der Waals surface area contributed by atoms with Crippen molar-refractivity contribution < 1.29 is 14.6 Å². The van der Waals surface area contributed by atoms with Gasteiger partial charge in [0.25, 0.3) is 0 Å². The van der Waals surface area contributed by atoms with Gasteiger partial charge in [0.2, 0.25) is 0 Å². The fourth-order valence-electron chi connectivity index (χ4n) is 4.36. The number of alkyl halides is 1. The van der Waals surface area contributed by atoms with Crippen molar-refractivity contribution in [3.05, 3.63) is 54.4 Å². The van der Waals surface area contributed by atoms with E-state index in [1.54, 1.807) is 48.4 Å². The average molecular weight is 408 g/mol. The Hall–Kier alpha value is -3.17. The van der Waals surface area contributed by atoms with E-state index in [9.17, 15) is 14.6 Å². The molecule has 4 heterocycles. The molecule has 4 atom stereocenters. The highest BCUT2D eigenvalue weighted by molar-refractivity contribution is 5.66. The summed E-state index contributed by atoms with van der Waals surface area (Å²) in [5, 5.41) is 31.9. The van der Waals surface area contributed by atoms with Gasteiger partial charge in [-0.15, -0.1) is 10.2 Å². The summed E-state index contributed by atoms with van der Waals surface area (Å²) in [6, 6.07) is 4.98. The second-order valence-corrected chi connectivity index (χ2v) is 8.10. The van der Waals surface area contributed by atoms with E-state index in [1.807, 2.05) is 6.07 Å². The molecule has 3 aromatic rings. The van der Waals surface area contributed by atoms with Crippen molar-refractivity contribution in [1.29, 1.82) is 0 Å². The van der Waals surface area contributed by atoms with Gasteiger partial charge in [0.05, 0.1) is 35.4 Å². The van der Waals surface area contributed by atoms with Gasteiger partial charge in [0.15, 0.2) is 5.82 Å². The molecular formula is C21H21FN6O2. The number of aliphatic hydroxyl groups is 1. The predicted molar refractivity (Wildman–Crippen MR) is 107 cm³/mol. The highest BCUT2D eigenvalue weighted by Crippen LogP contribution is 2.41. The van der Waals surface area contributed by atoms with Crippen LogP contribution in [-0.4, -0.2) is 58.8 Å². The SMILES string of the molecule is C[C@]12C[C@@H](O)C(C/C(=C\c3cnc(-c4ccc(-n5ccnc5)cc4O)nn3)[C@@H]1F)N2. The van der Waals surface area contributed by atoms with Gasteiger partial charge >= 0.3 is 0 Å². The Morgan fingerprint density at radius 3 is 2.90 bits per heavy atom. The molecule has 9 heteroatoms. The van der Waals surface area contributed by atoms with Crippen molar-refractivity contribution >= 4 is 6.08 Å². The predicted octanol–water partition coefficient (Wildman–Crippen LogP) is 2.04. The zero-order chi connectivity index (χ0) is 20.9. The maximum Gasteiger partial charge on any atom is 0.185 e. The molecule has 30 heavy (non-hydrogen) atoms. The van der Waals surface area contributed by atoms with E-state index in [1.165, 1.54) is 6.20 Å². The molecule has 2 bridgehead atoms. The van der Waals surface area contributed by atoms with Crippen LogP contribution in [-0.2, 0) is 0 Å². The number of benzene rings is 1. The molecule has 2 aliphatic heterocycles. The lowest BCUT2D eigenvalue weighted by atomic mass is 9.86. The van der Waals surface area contributed by atoms with Crippen molar-refractivity contribution in [2.24, 2.45) is 0 Å². The maximum absolute atomic E-state index is 15.0. The fourth-order valence-corrected chi connectivity index (χ4v) is 4.36. The summed E-state index contributed by atoms with van der Waals surface area (Å²) < 4.78 is 16.8. The number of halogens is 1. The van der Waals surface area contributed by atoms with Gasteiger partial charge in [-0.2, -0.15) is 0 Å². The summed E-state index contributed by atoms with van der Waals surface area (Å²) in [5.74, 6) is 0.297. The Morgan fingerprint density at radius 2 is 2.20 bits per heavy atom. The standard InChI is InChI=1S/C21H21FN6O2/c1-21-9-18(30)16(25-21)7-12(19(21)22)6-13-10-24-20(27-26-13)15-3-2-14(8-17(15)29)28-5-4-23-11-28/h2-6,8,10-11,16,18-19,25,29-30H,7,9H2,1H3/b12-6+/t16?,18-,19+,21+/m1/s1. The molecular weight excluding hydrogens is 387 g/mol. The van der Waals surface area contributed by atoms with Crippen molar-refractivity contribution in [1.82, 2.24) is 30.0 Å². The first-order valence-corrected chi connectivity index (χ1v) is 9.75. The molecule has 0 saturated carbocycles. The highest BCUT2D eigenvalue weighted by Gasteiger charge is 2.51. The largest absolute Gasteiger partial charge is 0.507 e. The molecule has 154 valence electrons. The molecule has 2 fully saturated rings. The number of piperidine rings is 1. The van der Waals surface area contributed by atoms with Gasteiger partial charge in [-0.25, -0.2) is 14.4 Å². The number of aromatic nitrogens is 5. The van der Waals surface area contributed by atoms with Crippen LogP contribution in [0.4, 0.5) is 4.39 Å². The van der Waals surface area contributed by atoms with E-state index >= 15 is 0 Å². The second-order valence-electron chi connectivity index (χ2n) is 8.10. The van der Waals surface area contributed by atoms with E-state index in [4.69, 9.17) is 0 Å². The van der Waals surface area contributed by atoms with Crippen LogP contribution in [0.25, 0.3) is 23.2 Å². The van der Waals surface area contributed by atoms with E-state index in [0.717, 1.165) is 5.69 Å². The number of phenolic OH excluding ortho intramolecular Hbond substituents is 1. The molecule has 0 amide bonds. The van der Waals surface area contributed by atoms with Crippen LogP contribution in [0.2, 0.25) is 0 Å². The van der Waals surface area contributed by atoms with Crippen molar-refractivity contribution in [3.8, 4) is 22.8 Å². The third-order valence-corrected chi connectivity index (χ3v) is 5.89. The van der Waals surface area contributed by atoms with Crippen LogP contribution in [0.15, 0.2) is 48.7 Å². The minimum atomic E-state index is -1.22. The number of nitrogens with one attached hydrogen (secondary N) is 1. The molecule has 2 aliphatic rings. The second kappa shape index (κ2) is 6.96. The minimum absolute atomic E-state index is 0.0229. The number of hydrogen-bond donors (Lipinski definition) is 3. The van der Waals surface area contributed by atoms with Crippen molar-refractivity contribution in [2.75, 3.05) is 0 Å². The first-order chi connectivity index (χ1) is 14.4. The number of hydrogen-bond acceptors (Lipinski definition) is 7. The number of nitrogens with zero attached hydrogens (tertiary/aromatic N) is 5. The Balaban J connectivity index is 1.39. The molecule has 2 saturated heterocycles. The van der Waals surface area contributed by atoms with Gasteiger partial charge in [-0.3, -0.25) is 0 Å². The Bertz CT molecular complexity index is 1100. The van der Waals surface area contributed by atoms with E-state index in [0.29, 0.717) is 29.7 Å². The Morgan fingerprint density at radius 1 is 1.33 bits per heavy atom. The van der Waals surface area contributed by atoms with Crippen LogP contribution < -0.4 is 5.32 Å². The van der Waals surface area contributed by atoms with Crippen LogP contribution in [0.3, 0.4) is 0 Å². The van der Waals surface area contributed by atoms with E-state index < -0.39 is 17.8 Å². The molecule has 3 N–H and O–H groups in total. The highest BCUT2D eigenvalue weighted by atomic mass is 19.1. The first kappa shape index (κ1) is 18.8. The lowest BCUT2D eigenvalue weighted by molar-refractivity contribution is 0.159. The molecule has 1 aromatic carbocycles. The van der Waals surface area contributed by atoms with Crippen LogP contribution >= 0.6 is 0 Å². The number of imidazole rings is 1. The third-order valence-electron chi connectivity index (χ3n) is 5.89. The smallest absolute Gasteiger partial charge is 0.185 e. The summed E-state index contributed by atoms with van der Waals surface area (Å²) in [6.07, 6.45) is 7.26. The molecule has 0 aliphatic carbocycles. The molecule has 5 rings (SSSR count). The lowest BCUT2D eigenvalue weighted by Crippen LogP contribution is -2.53. The lowest BCUT2D eigenvalue weighted by Gasteiger charge is -2.36. The van der Waals surface area contributed by atoms with Gasteiger partial charge in [-0.1, -0.05) is 0 Å². The normalized spacial score (nSPS) is 29.4. The van der Waals surface area contributed by atoms with Crippen LogP contribution in [0.1, 0.15) is 25.5 Å². The van der Waals surface area contributed by atoms with Crippen LogP contribution in [0, 0.1) is 0 Å². The minimum Gasteiger partial charge on any atom is -0.507 e. The van der Waals surface area contributed by atoms with Crippen molar-refractivity contribution in [3.63, 3.8) is 0 Å². The molecule has 0 spiro atoms. The number of aliphatic hydroxyl groups excluding tert-OH is 1.